The van der Waals surface area contributed by atoms with Gasteiger partial charge in [-0.1, -0.05) is 46.9 Å². The zero-order valence-electron chi connectivity index (χ0n) is 16.2. The van der Waals surface area contributed by atoms with Crippen molar-refractivity contribution in [3.8, 4) is 5.75 Å². The first-order chi connectivity index (χ1) is 15.3. The molecule has 1 heterocycles. The second-order valence-electron chi connectivity index (χ2n) is 6.83. The molecule has 1 fully saturated rings. The first kappa shape index (κ1) is 22.7. The van der Waals surface area contributed by atoms with Crippen molar-refractivity contribution in [3.63, 3.8) is 0 Å². The SMILES string of the molecule is O=C1N/C(=C/c2ccc(OCc3ccc(Cl)c(Cl)c3)c(Br)c2)C(=O)N1c1ccc(Cl)cc1. The molecule has 0 aromatic heterocycles. The molecule has 0 aliphatic carbocycles. The van der Waals surface area contributed by atoms with E-state index in [-0.39, 0.29) is 5.70 Å². The van der Waals surface area contributed by atoms with Gasteiger partial charge in [-0.3, -0.25) is 4.79 Å². The average Bonchev–Trinajstić information content (AvgIpc) is 3.03. The van der Waals surface area contributed by atoms with Crippen molar-refractivity contribution < 1.29 is 14.3 Å². The van der Waals surface area contributed by atoms with Crippen LogP contribution in [0.15, 0.2) is 70.8 Å². The number of imide groups is 1. The summed E-state index contributed by atoms with van der Waals surface area (Å²) in [5, 5.41) is 4.06. The molecule has 9 heteroatoms. The van der Waals surface area contributed by atoms with Crippen LogP contribution in [0.5, 0.6) is 5.75 Å². The number of urea groups is 1. The van der Waals surface area contributed by atoms with Crippen LogP contribution in [0.4, 0.5) is 10.5 Å². The van der Waals surface area contributed by atoms with E-state index in [2.05, 4.69) is 21.2 Å². The Morgan fingerprint density at radius 2 is 1.69 bits per heavy atom. The Labute approximate surface area is 207 Å². The molecule has 3 aromatic carbocycles. The fourth-order valence-electron chi connectivity index (χ4n) is 3.04. The smallest absolute Gasteiger partial charge is 0.333 e. The summed E-state index contributed by atoms with van der Waals surface area (Å²) in [7, 11) is 0. The van der Waals surface area contributed by atoms with Gasteiger partial charge in [-0.25, -0.2) is 9.69 Å². The van der Waals surface area contributed by atoms with Crippen LogP contribution in [-0.4, -0.2) is 11.9 Å². The van der Waals surface area contributed by atoms with Gasteiger partial charge in [-0.15, -0.1) is 0 Å². The van der Waals surface area contributed by atoms with Gasteiger partial charge in [0, 0.05) is 5.02 Å². The lowest BCUT2D eigenvalue weighted by Gasteiger charge is -2.11. The number of carbonyl (C=O) groups excluding carboxylic acids is 2. The van der Waals surface area contributed by atoms with E-state index in [1.54, 1.807) is 60.7 Å². The summed E-state index contributed by atoms with van der Waals surface area (Å²) in [5.41, 5.74) is 2.19. The maximum absolute atomic E-state index is 12.8. The molecule has 162 valence electrons. The zero-order valence-corrected chi connectivity index (χ0v) is 20.1. The molecule has 1 saturated heterocycles. The molecule has 0 unspecified atom stereocenters. The van der Waals surface area contributed by atoms with Gasteiger partial charge in [0.05, 0.1) is 20.2 Å². The summed E-state index contributed by atoms with van der Waals surface area (Å²) in [4.78, 5) is 26.1. The molecule has 1 N–H and O–H groups in total. The van der Waals surface area contributed by atoms with Crippen molar-refractivity contribution in [1.82, 2.24) is 5.32 Å². The van der Waals surface area contributed by atoms with E-state index in [4.69, 9.17) is 39.5 Å². The van der Waals surface area contributed by atoms with E-state index in [0.717, 1.165) is 10.5 Å². The van der Waals surface area contributed by atoms with E-state index in [0.29, 0.717) is 43.1 Å². The average molecular weight is 553 g/mol. The van der Waals surface area contributed by atoms with Gasteiger partial charge in [0.2, 0.25) is 0 Å². The molecule has 0 saturated carbocycles. The van der Waals surface area contributed by atoms with Gasteiger partial charge in [-0.2, -0.15) is 0 Å². The van der Waals surface area contributed by atoms with Crippen LogP contribution in [0, 0.1) is 0 Å². The molecule has 3 aromatic rings. The summed E-state index contributed by atoms with van der Waals surface area (Å²) in [5.74, 6) is 0.163. The Kier molecular flexibility index (Phi) is 6.76. The van der Waals surface area contributed by atoms with Gasteiger partial charge in [0.15, 0.2) is 0 Å². The summed E-state index contributed by atoms with van der Waals surface area (Å²) in [6, 6.07) is 16.6. The Morgan fingerprint density at radius 3 is 2.38 bits per heavy atom. The van der Waals surface area contributed by atoms with E-state index < -0.39 is 11.9 Å². The fraction of sp³-hybridized carbons (Fsp3) is 0.0435. The lowest BCUT2D eigenvalue weighted by Crippen LogP contribution is -2.30. The van der Waals surface area contributed by atoms with Crippen molar-refractivity contribution in [2.45, 2.75) is 6.61 Å². The Morgan fingerprint density at radius 1 is 0.938 bits per heavy atom. The molecule has 0 bridgehead atoms. The summed E-state index contributed by atoms with van der Waals surface area (Å²) < 4.78 is 6.53. The third-order valence-corrected chi connectivity index (χ3v) is 6.22. The van der Waals surface area contributed by atoms with E-state index in [9.17, 15) is 9.59 Å². The minimum absolute atomic E-state index is 0.168. The van der Waals surface area contributed by atoms with Crippen molar-refractivity contribution in [2.24, 2.45) is 0 Å². The number of amides is 3. The standard InChI is InChI=1S/C23H14BrCl3N2O3/c24-17-9-13(2-8-21(17)32-12-14-1-7-18(26)19(27)10-14)11-20-22(30)29(23(31)28-20)16-5-3-15(25)4-6-16/h1-11H,12H2,(H,28,31)/b20-11+. The first-order valence-electron chi connectivity index (χ1n) is 9.31. The first-order valence-corrected chi connectivity index (χ1v) is 11.2. The highest BCUT2D eigenvalue weighted by molar-refractivity contribution is 9.10. The van der Waals surface area contributed by atoms with Crippen LogP contribution in [0.2, 0.25) is 15.1 Å². The van der Waals surface area contributed by atoms with Crippen LogP contribution >= 0.6 is 50.7 Å². The Bertz CT molecular complexity index is 1250. The molecular formula is C23H14BrCl3N2O3. The maximum atomic E-state index is 12.8. The number of carbonyl (C=O) groups is 2. The number of hydrogen-bond acceptors (Lipinski definition) is 3. The molecular weight excluding hydrogens is 539 g/mol. The monoisotopic (exact) mass is 550 g/mol. The number of anilines is 1. The number of nitrogens with one attached hydrogen (secondary N) is 1. The van der Waals surface area contributed by atoms with Gasteiger partial charge >= 0.3 is 6.03 Å². The highest BCUT2D eigenvalue weighted by atomic mass is 79.9. The predicted molar refractivity (Wildman–Crippen MR) is 130 cm³/mol. The highest BCUT2D eigenvalue weighted by Gasteiger charge is 2.34. The molecule has 0 spiro atoms. The molecule has 5 nitrogen and oxygen atoms in total. The quantitative estimate of drug-likeness (QED) is 0.272. The maximum Gasteiger partial charge on any atom is 0.333 e. The van der Waals surface area contributed by atoms with Crippen molar-refractivity contribution in [1.29, 1.82) is 0 Å². The number of nitrogens with zero attached hydrogens (tertiary/aromatic N) is 1. The molecule has 0 atom stereocenters. The normalized spacial score (nSPS) is 14.8. The second kappa shape index (κ2) is 9.55. The molecule has 3 amide bonds. The Balaban J connectivity index is 1.49. The van der Waals surface area contributed by atoms with E-state index in [1.165, 1.54) is 0 Å². The largest absolute Gasteiger partial charge is 0.488 e. The van der Waals surface area contributed by atoms with Crippen LogP contribution < -0.4 is 15.0 Å². The van der Waals surface area contributed by atoms with Crippen LogP contribution in [0.3, 0.4) is 0 Å². The summed E-state index contributed by atoms with van der Waals surface area (Å²) in [6.45, 7) is 0.306. The molecule has 32 heavy (non-hydrogen) atoms. The number of ether oxygens (including phenoxy) is 1. The number of halogens is 4. The van der Waals surface area contributed by atoms with E-state index in [1.807, 2.05) is 6.07 Å². The van der Waals surface area contributed by atoms with Gasteiger partial charge in [-0.05, 0) is 81.7 Å². The minimum Gasteiger partial charge on any atom is -0.488 e. The molecule has 0 radical (unpaired) electrons. The Hall–Kier alpha value is -2.51. The number of benzene rings is 3. The summed E-state index contributed by atoms with van der Waals surface area (Å²) >= 11 is 21.3. The molecule has 1 aliphatic heterocycles. The van der Waals surface area contributed by atoms with Gasteiger partial charge in [0.1, 0.15) is 18.1 Å². The third kappa shape index (κ3) is 4.94. The topological polar surface area (TPSA) is 58.6 Å². The lowest BCUT2D eigenvalue weighted by molar-refractivity contribution is -0.113. The number of rotatable bonds is 5. The zero-order chi connectivity index (χ0) is 22.8. The predicted octanol–water partition coefficient (Wildman–Crippen LogP) is 7.09. The number of hydrogen-bond donors (Lipinski definition) is 1. The highest BCUT2D eigenvalue weighted by Crippen LogP contribution is 2.30. The molecule has 1 aliphatic rings. The van der Waals surface area contributed by atoms with Gasteiger partial charge in [0.25, 0.3) is 5.91 Å². The van der Waals surface area contributed by atoms with Crippen LogP contribution in [0.1, 0.15) is 11.1 Å². The fourth-order valence-corrected chi connectivity index (χ4v) is 4.00. The van der Waals surface area contributed by atoms with Gasteiger partial charge < -0.3 is 10.1 Å². The second-order valence-corrected chi connectivity index (χ2v) is 8.94. The van der Waals surface area contributed by atoms with Crippen molar-refractivity contribution in [2.75, 3.05) is 4.90 Å². The van der Waals surface area contributed by atoms with Crippen LogP contribution in [-0.2, 0) is 11.4 Å². The van der Waals surface area contributed by atoms with E-state index >= 15 is 0 Å². The lowest BCUT2D eigenvalue weighted by atomic mass is 10.1. The third-order valence-electron chi connectivity index (χ3n) is 4.61. The molecule has 4 rings (SSSR count). The summed E-state index contributed by atoms with van der Waals surface area (Å²) in [6.07, 6.45) is 1.60. The minimum atomic E-state index is -0.524. The van der Waals surface area contributed by atoms with Crippen molar-refractivity contribution >= 4 is 74.4 Å². The van der Waals surface area contributed by atoms with Crippen molar-refractivity contribution in [3.05, 3.63) is 97.0 Å². The van der Waals surface area contributed by atoms with Crippen LogP contribution in [0.25, 0.3) is 6.08 Å².